The van der Waals surface area contributed by atoms with Gasteiger partial charge in [0, 0.05) is 0 Å². The third-order valence-electron chi connectivity index (χ3n) is 2.63. The zero-order chi connectivity index (χ0) is 8.93. The number of benzene rings is 1. The first-order chi connectivity index (χ1) is 6.45. The van der Waals surface area contributed by atoms with Crippen LogP contribution in [0.1, 0.15) is 31.2 Å². The fourth-order valence-electron chi connectivity index (χ4n) is 1.84. The molecule has 0 atom stereocenters. The quantitative estimate of drug-likeness (QED) is 0.687. The summed E-state index contributed by atoms with van der Waals surface area (Å²) in [6, 6.07) is 10.4. The molecule has 1 heteroatoms. The van der Waals surface area contributed by atoms with Crippen molar-refractivity contribution in [1.82, 2.24) is 0 Å². The third-order valence-corrected chi connectivity index (χ3v) is 2.63. The highest BCUT2D eigenvalue weighted by Crippen LogP contribution is 2.21. The van der Waals surface area contributed by atoms with Crippen molar-refractivity contribution < 1.29 is 4.74 Å². The summed E-state index contributed by atoms with van der Waals surface area (Å²) in [6.07, 6.45) is 5.73. The molecule has 13 heavy (non-hydrogen) atoms. The minimum Gasteiger partial charge on any atom is -0.374 e. The fraction of sp³-hybridized carbons (Fsp3) is 0.500. The van der Waals surface area contributed by atoms with E-state index in [2.05, 4.69) is 24.3 Å². The van der Waals surface area contributed by atoms with Crippen LogP contribution in [0.5, 0.6) is 0 Å². The van der Waals surface area contributed by atoms with Crippen molar-refractivity contribution in [2.45, 2.75) is 38.4 Å². The van der Waals surface area contributed by atoms with E-state index < -0.39 is 0 Å². The van der Waals surface area contributed by atoms with Crippen molar-refractivity contribution in [2.24, 2.45) is 0 Å². The maximum absolute atomic E-state index is 5.79. The highest BCUT2D eigenvalue weighted by atomic mass is 16.5. The molecule has 0 heterocycles. The lowest BCUT2D eigenvalue weighted by molar-refractivity contribution is 0.0457. The summed E-state index contributed by atoms with van der Waals surface area (Å²) < 4.78 is 5.79. The highest BCUT2D eigenvalue weighted by Gasteiger charge is 2.14. The molecule has 0 bridgehead atoms. The summed E-state index contributed by atoms with van der Waals surface area (Å²) in [7, 11) is 0. The Bertz CT molecular complexity index is 237. The lowest BCUT2D eigenvalue weighted by Crippen LogP contribution is -2.06. The Balaban J connectivity index is 1.79. The SMILES string of the molecule is c1ccc(COC2CCCC2)cc1. The summed E-state index contributed by atoms with van der Waals surface area (Å²) in [5, 5.41) is 0. The number of rotatable bonds is 3. The Kier molecular flexibility index (Phi) is 2.98. The molecule has 0 spiro atoms. The van der Waals surface area contributed by atoms with E-state index in [-0.39, 0.29) is 0 Å². The van der Waals surface area contributed by atoms with Crippen LogP contribution in [0, 0.1) is 0 Å². The van der Waals surface area contributed by atoms with E-state index in [0.29, 0.717) is 6.10 Å². The first-order valence-corrected chi connectivity index (χ1v) is 5.11. The van der Waals surface area contributed by atoms with Gasteiger partial charge in [0.2, 0.25) is 0 Å². The molecule has 70 valence electrons. The van der Waals surface area contributed by atoms with Crippen LogP contribution in [0.4, 0.5) is 0 Å². The number of ether oxygens (including phenoxy) is 1. The molecule has 1 fully saturated rings. The van der Waals surface area contributed by atoms with Gasteiger partial charge in [0.1, 0.15) is 0 Å². The van der Waals surface area contributed by atoms with Crippen LogP contribution >= 0.6 is 0 Å². The Morgan fingerprint density at radius 1 is 1.08 bits per heavy atom. The average Bonchev–Trinajstić information content (AvgIpc) is 2.69. The average molecular weight is 176 g/mol. The topological polar surface area (TPSA) is 9.23 Å². The summed E-state index contributed by atoms with van der Waals surface area (Å²) in [6.45, 7) is 0.783. The van der Waals surface area contributed by atoms with Gasteiger partial charge < -0.3 is 4.74 Å². The van der Waals surface area contributed by atoms with Gasteiger partial charge in [0.25, 0.3) is 0 Å². The van der Waals surface area contributed by atoms with E-state index in [4.69, 9.17) is 4.74 Å². The molecule has 0 radical (unpaired) electrons. The van der Waals surface area contributed by atoms with Gasteiger partial charge in [-0.1, -0.05) is 43.2 Å². The summed E-state index contributed by atoms with van der Waals surface area (Å²) in [5.41, 5.74) is 1.29. The summed E-state index contributed by atoms with van der Waals surface area (Å²) in [5.74, 6) is 0. The normalized spacial score (nSPS) is 17.8. The molecular weight excluding hydrogens is 160 g/mol. The molecule has 1 saturated carbocycles. The van der Waals surface area contributed by atoms with Gasteiger partial charge in [0.05, 0.1) is 12.7 Å². The minimum absolute atomic E-state index is 0.528. The van der Waals surface area contributed by atoms with Crippen molar-refractivity contribution in [3.8, 4) is 0 Å². The van der Waals surface area contributed by atoms with Gasteiger partial charge in [-0.15, -0.1) is 0 Å². The number of hydrogen-bond donors (Lipinski definition) is 0. The molecule has 0 N–H and O–H groups in total. The first kappa shape index (κ1) is 8.76. The highest BCUT2D eigenvalue weighted by molar-refractivity contribution is 5.13. The zero-order valence-corrected chi connectivity index (χ0v) is 7.91. The molecule has 1 aromatic carbocycles. The Morgan fingerprint density at radius 3 is 2.46 bits per heavy atom. The predicted molar refractivity (Wildman–Crippen MR) is 53.5 cm³/mol. The van der Waals surface area contributed by atoms with Crippen molar-refractivity contribution in [1.29, 1.82) is 0 Å². The molecular formula is C12H16O. The van der Waals surface area contributed by atoms with Crippen LogP contribution in [-0.2, 0) is 11.3 Å². The van der Waals surface area contributed by atoms with Crippen LogP contribution in [0.25, 0.3) is 0 Å². The second-order valence-electron chi connectivity index (χ2n) is 3.70. The predicted octanol–water partition coefficient (Wildman–Crippen LogP) is 3.15. The summed E-state index contributed by atoms with van der Waals surface area (Å²) >= 11 is 0. The monoisotopic (exact) mass is 176 g/mol. The molecule has 0 saturated heterocycles. The van der Waals surface area contributed by atoms with Crippen LogP contribution in [0.3, 0.4) is 0 Å². The van der Waals surface area contributed by atoms with Crippen molar-refractivity contribution in [3.63, 3.8) is 0 Å². The second-order valence-corrected chi connectivity index (χ2v) is 3.70. The van der Waals surface area contributed by atoms with Crippen molar-refractivity contribution in [2.75, 3.05) is 0 Å². The molecule has 1 aliphatic rings. The molecule has 0 unspecified atom stereocenters. The van der Waals surface area contributed by atoms with Crippen LogP contribution in [-0.4, -0.2) is 6.10 Å². The van der Waals surface area contributed by atoms with Gasteiger partial charge in [-0.25, -0.2) is 0 Å². The molecule has 1 aliphatic carbocycles. The zero-order valence-electron chi connectivity index (χ0n) is 7.91. The van der Waals surface area contributed by atoms with Gasteiger partial charge >= 0.3 is 0 Å². The molecule has 2 rings (SSSR count). The molecule has 1 nitrogen and oxygen atoms in total. The van der Waals surface area contributed by atoms with E-state index >= 15 is 0 Å². The standard InChI is InChI=1S/C12H16O/c1-2-6-11(7-3-1)10-13-12-8-4-5-9-12/h1-3,6-7,12H,4-5,8-10H2. The van der Waals surface area contributed by atoms with Gasteiger partial charge in [-0.3, -0.25) is 0 Å². The van der Waals surface area contributed by atoms with Crippen LogP contribution in [0.2, 0.25) is 0 Å². The minimum atomic E-state index is 0.528. The van der Waals surface area contributed by atoms with Gasteiger partial charge in [-0.2, -0.15) is 0 Å². The molecule has 0 aromatic heterocycles. The lowest BCUT2D eigenvalue weighted by atomic mass is 10.2. The van der Waals surface area contributed by atoms with Crippen LogP contribution < -0.4 is 0 Å². The molecule has 0 aliphatic heterocycles. The van der Waals surface area contributed by atoms with E-state index in [0.717, 1.165) is 6.61 Å². The Labute approximate surface area is 79.7 Å². The van der Waals surface area contributed by atoms with Crippen LogP contribution in [0.15, 0.2) is 30.3 Å². The maximum atomic E-state index is 5.79. The van der Waals surface area contributed by atoms with E-state index in [1.807, 2.05) is 6.07 Å². The van der Waals surface area contributed by atoms with Crippen molar-refractivity contribution >= 4 is 0 Å². The molecule has 0 amide bonds. The summed E-state index contributed by atoms with van der Waals surface area (Å²) in [4.78, 5) is 0. The van der Waals surface area contributed by atoms with Gasteiger partial charge in [0.15, 0.2) is 0 Å². The maximum Gasteiger partial charge on any atom is 0.0720 e. The van der Waals surface area contributed by atoms with Crippen molar-refractivity contribution in [3.05, 3.63) is 35.9 Å². The third kappa shape index (κ3) is 2.56. The first-order valence-electron chi connectivity index (χ1n) is 5.11. The Hall–Kier alpha value is -0.820. The van der Waals surface area contributed by atoms with E-state index in [9.17, 15) is 0 Å². The molecule has 1 aromatic rings. The Morgan fingerprint density at radius 2 is 1.77 bits per heavy atom. The smallest absolute Gasteiger partial charge is 0.0720 e. The second kappa shape index (κ2) is 4.43. The number of hydrogen-bond acceptors (Lipinski definition) is 1. The van der Waals surface area contributed by atoms with Gasteiger partial charge in [-0.05, 0) is 18.4 Å². The fourth-order valence-corrected chi connectivity index (χ4v) is 1.84. The lowest BCUT2D eigenvalue weighted by Gasteiger charge is -2.10. The largest absolute Gasteiger partial charge is 0.374 e. The van der Waals surface area contributed by atoms with E-state index in [1.165, 1.54) is 31.2 Å². The van der Waals surface area contributed by atoms with E-state index in [1.54, 1.807) is 0 Å².